The van der Waals surface area contributed by atoms with Crippen LogP contribution in [0.15, 0.2) is 18.2 Å². The van der Waals surface area contributed by atoms with E-state index in [1.165, 1.54) is 0 Å². The Morgan fingerprint density at radius 2 is 2.14 bits per heavy atom. The van der Waals surface area contributed by atoms with Crippen molar-refractivity contribution in [3.05, 3.63) is 23.8 Å². The van der Waals surface area contributed by atoms with Crippen LogP contribution in [0.5, 0.6) is 11.5 Å². The minimum absolute atomic E-state index is 0.0522. The van der Waals surface area contributed by atoms with E-state index in [0.717, 1.165) is 29.9 Å². The standard InChI is InChI=1S/C16H23N3O3/c1-10(2)12-8-13(19-18-12)16(20)17-6-5-11-3-4-14-15(7-11)22-9-21-14/h3-4,7,10,12-13,18-19H,5-6,8-9H2,1-2H3,(H,17,20). The first-order chi connectivity index (χ1) is 10.6. The van der Waals surface area contributed by atoms with Gasteiger partial charge < -0.3 is 14.8 Å². The van der Waals surface area contributed by atoms with Gasteiger partial charge in [-0.1, -0.05) is 19.9 Å². The molecular weight excluding hydrogens is 282 g/mol. The Bertz CT molecular complexity index is 547. The summed E-state index contributed by atoms with van der Waals surface area (Å²) >= 11 is 0. The van der Waals surface area contributed by atoms with Gasteiger partial charge >= 0.3 is 0 Å². The molecule has 3 rings (SSSR count). The third-order valence-electron chi connectivity index (χ3n) is 4.20. The van der Waals surface area contributed by atoms with Crippen molar-refractivity contribution in [1.82, 2.24) is 16.2 Å². The predicted octanol–water partition coefficient (Wildman–Crippen LogP) is 0.965. The van der Waals surface area contributed by atoms with Gasteiger partial charge in [0.25, 0.3) is 0 Å². The lowest BCUT2D eigenvalue weighted by Gasteiger charge is -2.12. The highest BCUT2D eigenvalue weighted by Gasteiger charge is 2.30. The lowest BCUT2D eigenvalue weighted by molar-refractivity contribution is -0.122. The van der Waals surface area contributed by atoms with E-state index in [4.69, 9.17) is 9.47 Å². The molecule has 0 radical (unpaired) electrons. The van der Waals surface area contributed by atoms with Crippen LogP contribution in [-0.4, -0.2) is 31.3 Å². The number of ether oxygens (including phenoxy) is 2. The summed E-state index contributed by atoms with van der Waals surface area (Å²) in [6, 6.07) is 6.09. The number of carbonyl (C=O) groups excluding carboxylic acids is 1. The van der Waals surface area contributed by atoms with Crippen LogP contribution in [0.2, 0.25) is 0 Å². The highest BCUT2D eigenvalue weighted by Crippen LogP contribution is 2.32. The summed E-state index contributed by atoms with van der Waals surface area (Å²) in [7, 11) is 0. The third kappa shape index (κ3) is 3.34. The molecule has 1 saturated heterocycles. The molecule has 2 aliphatic heterocycles. The molecule has 2 heterocycles. The summed E-state index contributed by atoms with van der Waals surface area (Å²) in [5.41, 5.74) is 7.38. The zero-order valence-electron chi connectivity index (χ0n) is 13.0. The Kier molecular flexibility index (Phi) is 4.49. The van der Waals surface area contributed by atoms with Crippen LogP contribution in [0.3, 0.4) is 0 Å². The second-order valence-electron chi connectivity index (χ2n) is 6.16. The number of hydrazine groups is 1. The second-order valence-corrected chi connectivity index (χ2v) is 6.16. The predicted molar refractivity (Wildman–Crippen MR) is 82.6 cm³/mol. The van der Waals surface area contributed by atoms with Crippen LogP contribution < -0.4 is 25.6 Å². The lowest BCUT2D eigenvalue weighted by Crippen LogP contribution is -2.44. The number of benzene rings is 1. The van der Waals surface area contributed by atoms with Gasteiger partial charge in [0.05, 0.1) is 0 Å². The number of nitrogens with one attached hydrogen (secondary N) is 3. The van der Waals surface area contributed by atoms with E-state index in [-0.39, 0.29) is 18.7 Å². The number of amides is 1. The van der Waals surface area contributed by atoms with Gasteiger partial charge in [-0.15, -0.1) is 0 Å². The molecule has 0 spiro atoms. The molecule has 2 aliphatic rings. The van der Waals surface area contributed by atoms with E-state index in [1.807, 2.05) is 18.2 Å². The third-order valence-corrected chi connectivity index (χ3v) is 4.20. The van der Waals surface area contributed by atoms with Gasteiger partial charge in [0, 0.05) is 12.6 Å². The monoisotopic (exact) mass is 305 g/mol. The summed E-state index contributed by atoms with van der Waals surface area (Å²) in [6.45, 7) is 5.20. The number of carbonyl (C=O) groups is 1. The van der Waals surface area contributed by atoms with Gasteiger partial charge in [-0.3, -0.25) is 10.2 Å². The van der Waals surface area contributed by atoms with Gasteiger partial charge in [0.1, 0.15) is 6.04 Å². The number of fused-ring (bicyclic) bond motifs is 1. The van der Waals surface area contributed by atoms with E-state index in [9.17, 15) is 4.79 Å². The van der Waals surface area contributed by atoms with E-state index in [2.05, 4.69) is 30.0 Å². The number of rotatable bonds is 5. The second kappa shape index (κ2) is 6.54. The Morgan fingerprint density at radius 3 is 2.91 bits per heavy atom. The zero-order chi connectivity index (χ0) is 15.5. The molecule has 1 aromatic carbocycles. The summed E-state index contributed by atoms with van der Waals surface area (Å²) in [5, 5.41) is 2.99. The Balaban J connectivity index is 1.44. The SMILES string of the molecule is CC(C)C1CC(C(=O)NCCc2ccc3c(c2)OCO3)NN1. The fourth-order valence-electron chi connectivity index (χ4n) is 2.74. The van der Waals surface area contributed by atoms with Gasteiger partial charge in [-0.05, 0) is 36.5 Å². The van der Waals surface area contributed by atoms with Gasteiger partial charge in [-0.2, -0.15) is 0 Å². The van der Waals surface area contributed by atoms with Gasteiger partial charge in [0.2, 0.25) is 12.7 Å². The van der Waals surface area contributed by atoms with Crippen molar-refractivity contribution in [2.75, 3.05) is 13.3 Å². The largest absolute Gasteiger partial charge is 0.454 e. The lowest BCUT2D eigenvalue weighted by atomic mass is 9.99. The molecular formula is C16H23N3O3. The molecule has 0 aliphatic carbocycles. The fourth-order valence-corrected chi connectivity index (χ4v) is 2.74. The smallest absolute Gasteiger partial charge is 0.238 e. The molecule has 120 valence electrons. The first kappa shape index (κ1) is 15.1. The molecule has 6 nitrogen and oxygen atoms in total. The van der Waals surface area contributed by atoms with Crippen LogP contribution in [0, 0.1) is 5.92 Å². The van der Waals surface area contributed by atoms with Crippen molar-refractivity contribution in [2.45, 2.75) is 38.8 Å². The average Bonchev–Trinajstić information content (AvgIpc) is 3.16. The van der Waals surface area contributed by atoms with E-state index >= 15 is 0 Å². The van der Waals surface area contributed by atoms with Crippen molar-refractivity contribution in [2.24, 2.45) is 5.92 Å². The van der Waals surface area contributed by atoms with E-state index in [0.29, 0.717) is 18.5 Å². The minimum Gasteiger partial charge on any atom is -0.454 e. The molecule has 0 bridgehead atoms. The maximum Gasteiger partial charge on any atom is 0.238 e. The van der Waals surface area contributed by atoms with E-state index < -0.39 is 0 Å². The van der Waals surface area contributed by atoms with E-state index in [1.54, 1.807) is 0 Å². The molecule has 0 aromatic heterocycles. The van der Waals surface area contributed by atoms with Crippen molar-refractivity contribution >= 4 is 5.91 Å². The molecule has 2 unspecified atom stereocenters. The highest BCUT2D eigenvalue weighted by molar-refractivity contribution is 5.82. The molecule has 1 amide bonds. The van der Waals surface area contributed by atoms with Crippen molar-refractivity contribution < 1.29 is 14.3 Å². The quantitative estimate of drug-likeness (QED) is 0.756. The van der Waals surface area contributed by atoms with Crippen molar-refractivity contribution in [3.8, 4) is 11.5 Å². The highest BCUT2D eigenvalue weighted by atomic mass is 16.7. The van der Waals surface area contributed by atoms with Crippen molar-refractivity contribution in [1.29, 1.82) is 0 Å². The van der Waals surface area contributed by atoms with Crippen LogP contribution in [0.1, 0.15) is 25.8 Å². The number of hydrogen-bond acceptors (Lipinski definition) is 5. The maximum absolute atomic E-state index is 12.1. The molecule has 1 aromatic rings. The topological polar surface area (TPSA) is 71.6 Å². The normalized spacial score (nSPS) is 23.0. The molecule has 22 heavy (non-hydrogen) atoms. The van der Waals surface area contributed by atoms with Gasteiger partial charge in [-0.25, -0.2) is 5.43 Å². The number of hydrogen-bond donors (Lipinski definition) is 3. The average molecular weight is 305 g/mol. The van der Waals surface area contributed by atoms with Crippen LogP contribution in [0.4, 0.5) is 0 Å². The molecule has 0 saturated carbocycles. The Hall–Kier alpha value is -1.79. The summed E-state index contributed by atoms with van der Waals surface area (Å²) in [4.78, 5) is 12.1. The molecule has 1 fully saturated rings. The Morgan fingerprint density at radius 1 is 1.32 bits per heavy atom. The summed E-state index contributed by atoms with van der Waals surface area (Å²) < 4.78 is 10.6. The zero-order valence-corrected chi connectivity index (χ0v) is 13.0. The fraction of sp³-hybridized carbons (Fsp3) is 0.562. The van der Waals surface area contributed by atoms with Crippen LogP contribution in [0.25, 0.3) is 0 Å². The molecule has 2 atom stereocenters. The Labute approximate surface area is 130 Å². The first-order valence-corrected chi connectivity index (χ1v) is 7.81. The first-order valence-electron chi connectivity index (χ1n) is 7.81. The maximum atomic E-state index is 12.1. The minimum atomic E-state index is -0.149. The van der Waals surface area contributed by atoms with Crippen LogP contribution >= 0.6 is 0 Å². The summed E-state index contributed by atoms with van der Waals surface area (Å²) in [5.74, 6) is 2.13. The molecule has 6 heteroatoms. The van der Waals surface area contributed by atoms with Crippen molar-refractivity contribution in [3.63, 3.8) is 0 Å². The summed E-state index contributed by atoms with van der Waals surface area (Å²) in [6.07, 6.45) is 1.60. The van der Waals surface area contributed by atoms with Gasteiger partial charge in [0.15, 0.2) is 11.5 Å². The molecule has 3 N–H and O–H groups in total. The van der Waals surface area contributed by atoms with Crippen LogP contribution in [-0.2, 0) is 11.2 Å².